The van der Waals surface area contributed by atoms with Crippen LogP contribution in [0.5, 0.6) is 23.0 Å². The maximum Gasteiger partial charge on any atom is 0.317 e. The van der Waals surface area contributed by atoms with E-state index in [0.29, 0.717) is 5.56 Å². The number of carboxylic acids is 1. The maximum atomic E-state index is 11.6. The number of phenols is 3. The number of aromatic hydroxyl groups is 3. The lowest BCUT2D eigenvalue weighted by Crippen LogP contribution is -2.59. The van der Waals surface area contributed by atoms with Gasteiger partial charge in [-0.3, -0.25) is 9.59 Å². The molecule has 0 amide bonds. The van der Waals surface area contributed by atoms with Crippen molar-refractivity contribution < 1.29 is 64.3 Å². The molecule has 0 spiro atoms. The van der Waals surface area contributed by atoms with Gasteiger partial charge < -0.3 is 54.7 Å². The van der Waals surface area contributed by atoms with Gasteiger partial charge in [0.1, 0.15) is 66.2 Å². The number of aliphatic hydroxyl groups is 3. The molecule has 4 rings (SSSR count). The second kappa shape index (κ2) is 10.5. The highest BCUT2D eigenvalue weighted by atomic mass is 16.7. The molecule has 2 aromatic carbocycles. The number of hydrogen-bond acceptors (Lipinski definition) is 12. The Morgan fingerprint density at radius 3 is 2.30 bits per heavy atom. The second-order valence-corrected chi connectivity index (χ2v) is 8.40. The van der Waals surface area contributed by atoms with Gasteiger partial charge in [-0.25, -0.2) is 0 Å². The summed E-state index contributed by atoms with van der Waals surface area (Å²) in [5.41, 5.74) is 0.593. The number of hydrogen-bond donors (Lipinski definition) is 7. The Bertz CT molecular complexity index is 1190. The minimum absolute atomic E-state index is 0.0200. The van der Waals surface area contributed by atoms with Crippen molar-refractivity contribution in [2.24, 2.45) is 0 Å². The minimum atomic E-state index is -1.79. The molecule has 0 aliphatic carbocycles. The summed E-state index contributed by atoms with van der Waals surface area (Å²) in [7, 11) is 0. The lowest BCUT2D eigenvalue weighted by atomic mass is 9.98. The molecule has 0 saturated carbocycles. The molecule has 6 atom stereocenters. The van der Waals surface area contributed by atoms with Gasteiger partial charge in [0.2, 0.25) is 6.29 Å². The molecule has 2 aliphatic rings. The van der Waals surface area contributed by atoms with Gasteiger partial charge in [0.25, 0.3) is 0 Å². The van der Waals surface area contributed by atoms with Crippen LogP contribution in [0.25, 0.3) is 6.08 Å². The third-order valence-corrected chi connectivity index (χ3v) is 5.72. The van der Waals surface area contributed by atoms with Crippen LogP contribution in [0.1, 0.15) is 23.7 Å². The first-order valence-electron chi connectivity index (χ1n) is 11.0. The zero-order valence-corrected chi connectivity index (χ0v) is 19.0. The number of phenolic OH excluding ortho intramolecular Hbond substituents is 3. The summed E-state index contributed by atoms with van der Waals surface area (Å²) >= 11 is 0. The Morgan fingerprint density at radius 2 is 1.62 bits per heavy atom. The highest BCUT2D eigenvalue weighted by Gasteiger charge is 2.46. The van der Waals surface area contributed by atoms with Crippen LogP contribution in [0.3, 0.4) is 0 Å². The van der Waals surface area contributed by atoms with Crippen molar-refractivity contribution in [3.05, 3.63) is 53.3 Å². The number of carbonyl (C=O) groups excluding carboxylic acids is 1. The van der Waals surface area contributed by atoms with Gasteiger partial charge in [-0.1, -0.05) is 12.1 Å². The van der Waals surface area contributed by atoms with E-state index in [1.165, 1.54) is 36.4 Å². The molecule has 198 valence electrons. The number of aliphatic hydroxyl groups excluding tert-OH is 3. The van der Waals surface area contributed by atoms with Gasteiger partial charge in [0.15, 0.2) is 6.10 Å². The number of benzene rings is 2. The van der Waals surface area contributed by atoms with Gasteiger partial charge in [0, 0.05) is 17.7 Å². The quantitative estimate of drug-likeness (QED) is 0.191. The van der Waals surface area contributed by atoms with E-state index in [9.17, 15) is 40.2 Å². The van der Waals surface area contributed by atoms with E-state index in [2.05, 4.69) is 0 Å². The van der Waals surface area contributed by atoms with Crippen molar-refractivity contribution in [2.45, 2.75) is 43.2 Å². The summed E-state index contributed by atoms with van der Waals surface area (Å²) < 4.78 is 22.1. The fourth-order valence-corrected chi connectivity index (χ4v) is 3.86. The first-order valence-corrected chi connectivity index (χ1v) is 11.0. The normalized spacial score (nSPS) is 26.8. The average molecular weight is 520 g/mol. The van der Waals surface area contributed by atoms with E-state index in [1.807, 2.05) is 0 Å². The summed E-state index contributed by atoms with van der Waals surface area (Å²) in [6.45, 7) is -0.642. The molecule has 13 nitrogen and oxygen atoms in total. The Morgan fingerprint density at radius 1 is 0.919 bits per heavy atom. The predicted molar refractivity (Wildman–Crippen MR) is 120 cm³/mol. The van der Waals surface area contributed by atoms with Crippen molar-refractivity contribution in [2.75, 3.05) is 6.61 Å². The highest BCUT2D eigenvalue weighted by molar-refractivity contribution is 5.90. The smallest absolute Gasteiger partial charge is 0.317 e. The lowest BCUT2D eigenvalue weighted by molar-refractivity contribution is -0.294. The number of carbonyl (C=O) groups is 2. The van der Waals surface area contributed by atoms with Crippen LogP contribution in [0, 0.1) is 0 Å². The van der Waals surface area contributed by atoms with E-state index < -0.39 is 61.8 Å². The summed E-state index contributed by atoms with van der Waals surface area (Å²) in [4.78, 5) is 22.2. The number of ether oxygens (including phenoxy) is 4. The van der Waals surface area contributed by atoms with Crippen molar-refractivity contribution in [1.82, 2.24) is 0 Å². The number of aliphatic carboxylic acids is 1. The van der Waals surface area contributed by atoms with E-state index in [0.717, 1.165) is 6.07 Å². The van der Waals surface area contributed by atoms with Crippen molar-refractivity contribution in [3.63, 3.8) is 0 Å². The van der Waals surface area contributed by atoms with Crippen molar-refractivity contribution >= 4 is 18.0 Å². The van der Waals surface area contributed by atoms with Crippen molar-refractivity contribution in [3.8, 4) is 23.0 Å². The Balaban J connectivity index is 1.61. The van der Waals surface area contributed by atoms with Crippen LogP contribution < -0.4 is 4.74 Å². The fraction of sp³-hybridized carbons (Fsp3) is 0.333. The van der Waals surface area contributed by atoms with E-state index >= 15 is 0 Å². The molecule has 0 bridgehead atoms. The third-order valence-electron chi connectivity index (χ3n) is 5.72. The van der Waals surface area contributed by atoms with E-state index in [-0.39, 0.29) is 34.3 Å². The SMILES string of the molecule is O=C(O)CC(=O)OCC1O[C@@H](OC2=Cc3c(O)cc(O)cc3OC2c2ccc(O)cc2)C(O)C(O)[C@@H]1O. The standard InChI is InChI=1S/C24H24O13/c25-11-3-1-10(2-4-11)23-16(7-13-14(27)5-12(26)6-15(13)35-23)36-24-22(33)21(32)20(31)17(37-24)9-34-19(30)8-18(28)29/h1-7,17,20-27,31-33H,8-9H2,(H,28,29)/t17?,20-,21?,22?,23?,24-/m1/s1. The number of carboxylic acid groups (broad SMARTS) is 1. The summed E-state index contributed by atoms with van der Waals surface area (Å²) in [6, 6.07) is 8.16. The molecular formula is C24H24O13. The molecule has 7 N–H and O–H groups in total. The lowest BCUT2D eigenvalue weighted by Gasteiger charge is -2.41. The third kappa shape index (κ3) is 5.70. The van der Waals surface area contributed by atoms with E-state index in [1.54, 1.807) is 0 Å². The number of esters is 1. The van der Waals surface area contributed by atoms with Crippen LogP contribution in [0.4, 0.5) is 0 Å². The molecule has 2 aromatic rings. The highest BCUT2D eigenvalue weighted by Crippen LogP contribution is 2.44. The van der Waals surface area contributed by atoms with Gasteiger partial charge in [-0.05, 0) is 18.2 Å². The largest absolute Gasteiger partial charge is 0.508 e. The molecule has 37 heavy (non-hydrogen) atoms. The van der Waals surface area contributed by atoms with Crippen LogP contribution in [0.15, 0.2) is 42.2 Å². The van der Waals surface area contributed by atoms with Crippen LogP contribution >= 0.6 is 0 Å². The molecular weight excluding hydrogens is 496 g/mol. The average Bonchev–Trinajstić information content (AvgIpc) is 2.83. The second-order valence-electron chi connectivity index (χ2n) is 8.40. The molecule has 13 heteroatoms. The van der Waals surface area contributed by atoms with Crippen LogP contribution in [0.2, 0.25) is 0 Å². The number of rotatable bonds is 7. The zero-order chi connectivity index (χ0) is 26.9. The van der Waals surface area contributed by atoms with Crippen molar-refractivity contribution in [1.29, 1.82) is 0 Å². The first kappa shape index (κ1) is 26.0. The minimum Gasteiger partial charge on any atom is -0.508 e. The fourth-order valence-electron chi connectivity index (χ4n) is 3.86. The molecule has 0 radical (unpaired) electrons. The monoisotopic (exact) mass is 520 g/mol. The molecule has 1 saturated heterocycles. The van der Waals surface area contributed by atoms with E-state index in [4.69, 9.17) is 24.1 Å². The molecule has 0 aromatic heterocycles. The first-order chi connectivity index (χ1) is 17.5. The zero-order valence-electron chi connectivity index (χ0n) is 19.0. The summed E-state index contributed by atoms with van der Waals surface area (Å²) in [5, 5.41) is 69.5. The Labute approximate surface area is 209 Å². The van der Waals surface area contributed by atoms with Crippen LogP contribution in [-0.2, 0) is 23.8 Å². The van der Waals surface area contributed by atoms with Gasteiger partial charge in [-0.2, -0.15) is 0 Å². The molecule has 1 fully saturated rings. The molecule has 2 aliphatic heterocycles. The van der Waals surface area contributed by atoms with Gasteiger partial charge in [-0.15, -0.1) is 0 Å². The predicted octanol–water partition coefficient (Wildman–Crippen LogP) is 0.120. The molecule has 2 heterocycles. The topological polar surface area (TPSA) is 213 Å². The van der Waals surface area contributed by atoms with Gasteiger partial charge >= 0.3 is 11.9 Å². The Kier molecular flexibility index (Phi) is 7.40. The number of fused-ring (bicyclic) bond motifs is 1. The summed E-state index contributed by atoms with van der Waals surface area (Å²) in [6.07, 6.45) is -8.89. The molecule has 4 unspecified atom stereocenters. The van der Waals surface area contributed by atoms with Gasteiger partial charge in [0.05, 0.1) is 5.56 Å². The maximum absolute atomic E-state index is 11.6. The van der Waals surface area contributed by atoms with Crippen LogP contribution in [-0.4, -0.2) is 85.0 Å². The summed E-state index contributed by atoms with van der Waals surface area (Å²) in [5.74, 6) is -3.07. The Hall–Kier alpha value is -4.04.